The second-order valence-electron chi connectivity index (χ2n) is 4.76. The summed E-state index contributed by atoms with van der Waals surface area (Å²) in [5.74, 6) is 1.32. The van der Waals surface area contributed by atoms with Crippen molar-refractivity contribution in [3.63, 3.8) is 0 Å². The zero-order valence-corrected chi connectivity index (χ0v) is 12.6. The van der Waals surface area contributed by atoms with Gasteiger partial charge in [0.1, 0.15) is 4.99 Å². The van der Waals surface area contributed by atoms with Crippen LogP contribution in [0, 0.1) is 0 Å². The number of thiocarbonyl (C=S) groups is 1. The first kappa shape index (κ1) is 14.3. The van der Waals surface area contributed by atoms with Crippen LogP contribution in [-0.2, 0) is 11.3 Å². The van der Waals surface area contributed by atoms with E-state index < -0.39 is 0 Å². The molecule has 0 aliphatic carbocycles. The normalized spacial score (nSPS) is 18.3. The smallest absolute Gasteiger partial charge is 0.235 e. The third-order valence-electron chi connectivity index (χ3n) is 3.21. The van der Waals surface area contributed by atoms with E-state index in [2.05, 4.69) is 0 Å². The number of amides is 1. The van der Waals surface area contributed by atoms with Crippen LogP contribution in [0.3, 0.4) is 0 Å². The molecule has 1 aromatic rings. The predicted octanol–water partition coefficient (Wildman–Crippen LogP) is 2.17. The molecular weight excluding hydrogens is 276 g/mol. The molecule has 0 bridgehead atoms. The van der Waals surface area contributed by atoms with Crippen molar-refractivity contribution in [1.29, 1.82) is 0 Å². The molecule has 1 aromatic carbocycles. The number of hydrogen-bond acceptors (Lipinski definition) is 3. The summed E-state index contributed by atoms with van der Waals surface area (Å²) >= 11 is 6.73. The molecule has 1 aliphatic heterocycles. The van der Waals surface area contributed by atoms with Crippen LogP contribution >= 0.6 is 24.0 Å². The van der Waals surface area contributed by atoms with Crippen LogP contribution in [0.2, 0.25) is 0 Å². The highest BCUT2D eigenvalue weighted by atomic mass is 32.2. The third kappa shape index (κ3) is 3.70. The summed E-state index contributed by atoms with van der Waals surface area (Å²) in [6, 6.07) is 7.76. The molecule has 1 saturated heterocycles. The number of nitrogens with two attached hydrogens (primary N) is 1. The van der Waals surface area contributed by atoms with E-state index in [4.69, 9.17) is 18.0 Å². The van der Waals surface area contributed by atoms with E-state index in [-0.39, 0.29) is 11.2 Å². The summed E-state index contributed by atoms with van der Waals surface area (Å²) in [5, 5.41) is 0.142. The van der Waals surface area contributed by atoms with Crippen LogP contribution in [-0.4, -0.2) is 33.8 Å². The highest BCUT2D eigenvalue weighted by Gasteiger charge is 2.26. The minimum atomic E-state index is 0.142. The molecule has 0 spiro atoms. The van der Waals surface area contributed by atoms with Crippen molar-refractivity contribution in [3.05, 3.63) is 35.4 Å². The molecular formula is C14H18N2OS2. The van der Waals surface area contributed by atoms with Crippen LogP contribution in [0.4, 0.5) is 0 Å². The number of rotatable bonds is 4. The number of benzene rings is 1. The Labute approximate surface area is 123 Å². The van der Waals surface area contributed by atoms with Crippen LogP contribution in [0.15, 0.2) is 24.3 Å². The second-order valence-corrected chi connectivity index (χ2v) is 6.51. The summed E-state index contributed by atoms with van der Waals surface area (Å²) in [4.78, 5) is 14.4. The van der Waals surface area contributed by atoms with Gasteiger partial charge in [-0.3, -0.25) is 4.79 Å². The van der Waals surface area contributed by atoms with Gasteiger partial charge in [-0.15, -0.1) is 11.8 Å². The van der Waals surface area contributed by atoms with Gasteiger partial charge in [-0.05, 0) is 30.2 Å². The van der Waals surface area contributed by atoms with Gasteiger partial charge in [0.15, 0.2) is 0 Å². The molecule has 3 nitrogen and oxygen atoms in total. The molecule has 1 heterocycles. The van der Waals surface area contributed by atoms with E-state index in [1.807, 2.05) is 31.3 Å². The average molecular weight is 294 g/mol. The Hall–Kier alpha value is -1.07. The van der Waals surface area contributed by atoms with Crippen molar-refractivity contribution in [1.82, 2.24) is 4.90 Å². The molecule has 2 N–H and O–H groups in total. The quantitative estimate of drug-likeness (QED) is 0.865. The van der Waals surface area contributed by atoms with Crippen molar-refractivity contribution >= 4 is 34.9 Å². The Balaban J connectivity index is 2.01. The molecule has 5 heteroatoms. The van der Waals surface area contributed by atoms with Crippen LogP contribution in [0.5, 0.6) is 0 Å². The Bertz CT molecular complexity index is 484. The largest absolute Gasteiger partial charge is 0.389 e. The fraction of sp³-hybridized carbons (Fsp3) is 0.429. The molecule has 0 aromatic heterocycles. The highest BCUT2D eigenvalue weighted by Crippen LogP contribution is 2.27. The topological polar surface area (TPSA) is 46.3 Å². The van der Waals surface area contributed by atoms with E-state index in [0.29, 0.717) is 11.5 Å². The van der Waals surface area contributed by atoms with E-state index in [9.17, 15) is 4.79 Å². The van der Waals surface area contributed by atoms with E-state index >= 15 is 0 Å². The first-order valence-corrected chi connectivity index (χ1v) is 7.79. The zero-order valence-electron chi connectivity index (χ0n) is 11.0. The summed E-state index contributed by atoms with van der Waals surface area (Å²) < 4.78 is 0. The van der Waals surface area contributed by atoms with E-state index in [1.165, 1.54) is 0 Å². The summed E-state index contributed by atoms with van der Waals surface area (Å²) in [5.41, 5.74) is 7.53. The summed E-state index contributed by atoms with van der Waals surface area (Å²) in [6.07, 6.45) is 2.15. The SMILES string of the molecule is CN(Cc1cccc(C(N)=S)c1)C(=O)C1CCCS1. The van der Waals surface area contributed by atoms with Gasteiger partial charge in [-0.25, -0.2) is 0 Å². The molecule has 0 saturated carbocycles. The monoisotopic (exact) mass is 294 g/mol. The third-order valence-corrected chi connectivity index (χ3v) is 4.81. The Morgan fingerprint density at radius 3 is 3.00 bits per heavy atom. The van der Waals surface area contributed by atoms with Gasteiger partial charge in [0.25, 0.3) is 0 Å². The standard InChI is InChI=1S/C14H18N2OS2/c1-16(14(17)12-6-3-7-19-12)9-10-4-2-5-11(8-10)13(15)18/h2,4-5,8,12H,3,6-7,9H2,1H3,(H2,15,18). The van der Waals surface area contributed by atoms with Crippen molar-refractivity contribution in [2.75, 3.05) is 12.8 Å². The minimum absolute atomic E-state index is 0.142. The van der Waals surface area contributed by atoms with Gasteiger partial charge in [0.2, 0.25) is 5.91 Å². The van der Waals surface area contributed by atoms with E-state index in [0.717, 1.165) is 29.7 Å². The lowest BCUT2D eigenvalue weighted by molar-refractivity contribution is -0.129. The number of hydrogen-bond donors (Lipinski definition) is 1. The second kappa shape index (κ2) is 6.39. The fourth-order valence-corrected chi connectivity index (χ4v) is 3.59. The number of thioether (sulfide) groups is 1. The molecule has 1 unspecified atom stereocenters. The summed E-state index contributed by atoms with van der Waals surface area (Å²) in [6.45, 7) is 0.604. The number of carbonyl (C=O) groups excluding carboxylic acids is 1. The maximum Gasteiger partial charge on any atom is 0.235 e. The lowest BCUT2D eigenvalue weighted by Gasteiger charge is -2.20. The number of carbonyl (C=O) groups is 1. The Kier molecular flexibility index (Phi) is 4.82. The van der Waals surface area contributed by atoms with Gasteiger partial charge in [0.05, 0.1) is 5.25 Å². The van der Waals surface area contributed by atoms with Crippen molar-refractivity contribution < 1.29 is 4.79 Å². The maximum absolute atomic E-state index is 12.2. The molecule has 1 atom stereocenters. The van der Waals surface area contributed by atoms with Crippen molar-refractivity contribution in [3.8, 4) is 0 Å². The lowest BCUT2D eigenvalue weighted by Crippen LogP contribution is -2.33. The van der Waals surface area contributed by atoms with Gasteiger partial charge < -0.3 is 10.6 Å². The van der Waals surface area contributed by atoms with Crippen LogP contribution in [0.1, 0.15) is 24.0 Å². The van der Waals surface area contributed by atoms with Gasteiger partial charge in [-0.1, -0.05) is 30.4 Å². The first-order chi connectivity index (χ1) is 9.08. The highest BCUT2D eigenvalue weighted by molar-refractivity contribution is 8.00. The van der Waals surface area contributed by atoms with Gasteiger partial charge in [0, 0.05) is 19.2 Å². The molecule has 19 heavy (non-hydrogen) atoms. The lowest BCUT2D eigenvalue weighted by atomic mass is 10.1. The molecule has 2 rings (SSSR count). The van der Waals surface area contributed by atoms with Crippen molar-refractivity contribution in [2.24, 2.45) is 5.73 Å². The summed E-state index contributed by atoms with van der Waals surface area (Å²) in [7, 11) is 1.86. The molecule has 0 radical (unpaired) electrons. The molecule has 102 valence electrons. The molecule has 1 amide bonds. The van der Waals surface area contributed by atoms with Crippen LogP contribution < -0.4 is 5.73 Å². The van der Waals surface area contributed by atoms with Crippen molar-refractivity contribution in [2.45, 2.75) is 24.6 Å². The zero-order chi connectivity index (χ0) is 13.8. The Morgan fingerprint density at radius 2 is 2.37 bits per heavy atom. The van der Waals surface area contributed by atoms with E-state index in [1.54, 1.807) is 16.7 Å². The molecule has 1 aliphatic rings. The van der Waals surface area contributed by atoms with Crippen LogP contribution in [0.25, 0.3) is 0 Å². The first-order valence-electron chi connectivity index (χ1n) is 6.33. The fourth-order valence-electron chi connectivity index (χ4n) is 2.19. The van der Waals surface area contributed by atoms with Gasteiger partial charge in [-0.2, -0.15) is 0 Å². The maximum atomic E-state index is 12.2. The molecule has 1 fully saturated rings. The predicted molar refractivity (Wildman–Crippen MR) is 84.3 cm³/mol. The minimum Gasteiger partial charge on any atom is -0.389 e. The van der Waals surface area contributed by atoms with Gasteiger partial charge >= 0.3 is 0 Å². The Morgan fingerprint density at radius 1 is 1.58 bits per heavy atom. The average Bonchev–Trinajstić information content (AvgIpc) is 2.92. The number of nitrogens with zero attached hydrogens (tertiary/aromatic N) is 1.